The molecule has 0 aliphatic carbocycles. The molecule has 5 nitrogen and oxygen atoms in total. The van der Waals surface area contributed by atoms with E-state index in [9.17, 15) is 9.59 Å². The van der Waals surface area contributed by atoms with Crippen molar-refractivity contribution in [2.75, 3.05) is 6.61 Å². The van der Waals surface area contributed by atoms with Crippen LogP contribution in [0.2, 0.25) is 0 Å². The zero-order valence-electron chi connectivity index (χ0n) is 17.4. The second-order valence-corrected chi connectivity index (χ2v) is 7.40. The van der Waals surface area contributed by atoms with Crippen LogP contribution in [0.4, 0.5) is 0 Å². The number of ether oxygens (including phenoxy) is 1. The van der Waals surface area contributed by atoms with Crippen LogP contribution in [0.25, 0.3) is 0 Å². The standard InChI is InChI=1S/C23H30N2O3/c1-16(2)24-23(27)19(5)25(14-20-9-7-6-8-10-20)22(26)15-28-21-12-11-17(3)13-18(21)4/h6-13,16,19H,14-15H2,1-5H3,(H,24,27). The first-order chi connectivity index (χ1) is 13.3. The summed E-state index contributed by atoms with van der Waals surface area (Å²) in [5.41, 5.74) is 3.08. The maximum Gasteiger partial charge on any atom is 0.261 e. The van der Waals surface area contributed by atoms with Crippen LogP contribution in [-0.4, -0.2) is 35.4 Å². The van der Waals surface area contributed by atoms with Gasteiger partial charge in [-0.15, -0.1) is 0 Å². The lowest BCUT2D eigenvalue weighted by atomic mass is 10.1. The first kappa shape index (κ1) is 21.5. The van der Waals surface area contributed by atoms with E-state index in [1.54, 1.807) is 11.8 Å². The first-order valence-electron chi connectivity index (χ1n) is 9.61. The van der Waals surface area contributed by atoms with E-state index in [2.05, 4.69) is 5.32 Å². The minimum atomic E-state index is -0.599. The largest absolute Gasteiger partial charge is 0.483 e. The van der Waals surface area contributed by atoms with Gasteiger partial charge in [-0.1, -0.05) is 48.0 Å². The van der Waals surface area contributed by atoms with Crippen LogP contribution in [0, 0.1) is 13.8 Å². The molecule has 2 aromatic rings. The van der Waals surface area contributed by atoms with E-state index in [0.717, 1.165) is 16.7 Å². The highest BCUT2D eigenvalue weighted by Crippen LogP contribution is 2.19. The van der Waals surface area contributed by atoms with Crippen molar-refractivity contribution in [2.45, 2.75) is 53.2 Å². The van der Waals surface area contributed by atoms with Crippen LogP contribution >= 0.6 is 0 Å². The third kappa shape index (κ3) is 6.12. The molecule has 0 aliphatic rings. The molecule has 5 heteroatoms. The Morgan fingerprint density at radius 3 is 2.32 bits per heavy atom. The fourth-order valence-electron chi connectivity index (χ4n) is 2.95. The normalized spacial score (nSPS) is 11.8. The maximum absolute atomic E-state index is 13.0. The van der Waals surface area contributed by atoms with Crippen LogP contribution in [0.5, 0.6) is 5.75 Å². The summed E-state index contributed by atoms with van der Waals surface area (Å²) in [5, 5.41) is 2.88. The van der Waals surface area contributed by atoms with Crippen LogP contribution in [-0.2, 0) is 16.1 Å². The Hall–Kier alpha value is -2.82. The third-order valence-electron chi connectivity index (χ3n) is 4.48. The molecule has 0 saturated heterocycles. The lowest BCUT2D eigenvalue weighted by Crippen LogP contribution is -2.50. The highest BCUT2D eigenvalue weighted by molar-refractivity contribution is 5.88. The fourth-order valence-corrected chi connectivity index (χ4v) is 2.95. The molecule has 0 aliphatic heterocycles. The van der Waals surface area contributed by atoms with Gasteiger partial charge in [0, 0.05) is 12.6 Å². The molecule has 2 rings (SSSR count). The van der Waals surface area contributed by atoms with Crippen LogP contribution in [0.3, 0.4) is 0 Å². The number of rotatable bonds is 8. The average molecular weight is 383 g/mol. The van der Waals surface area contributed by atoms with Gasteiger partial charge in [-0.2, -0.15) is 0 Å². The lowest BCUT2D eigenvalue weighted by molar-refractivity contribution is -0.142. The quantitative estimate of drug-likeness (QED) is 0.759. The second-order valence-electron chi connectivity index (χ2n) is 7.40. The van der Waals surface area contributed by atoms with Crippen LogP contribution in [0.15, 0.2) is 48.5 Å². The molecule has 0 bridgehead atoms. The van der Waals surface area contributed by atoms with Crippen molar-refractivity contribution >= 4 is 11.8 Å². The molecule has 1 atom stereocenters. The van der Waals surface area contributed by atoms with Crippen molar-refractivity contribution < 1.29 is 14.3 Å². The molecule has 0 fully saturated rings. The van der Waals surface area contributed by atoms with Gasteiger partial charge in [0.05, 0.1) is 0 Å². The minimum Gasteiger partial charge on any atom is -0.483 e. The molecule has 1 N–H and O–H groups in total. The Morgan fingerprint density at radius 1 is 1.04 bits per heavy atom. The minimum absolute atomic E-state index is 0.00934. The van der Waals surface area contributed by atoms with E-state index in [-0.39, 0.29) is 24.5 Å². The lowest BCUT2D eigenvalue weighted by Gasteiger charge is -2.29. The molecule has 1 unspecified atom stereocenters. The molecule has 0 spiro atoms. The van der Waals surface area contributed by atoms with Crippen molar-refractivity contribution in [3.8, 4) is 5.75 Å². The van der Waals surface area contributed by atoms with E-state index < -0.39 is 6.04 Å². The zero-order valence-corrected chi connectivity index (χ0v) is 17.4. The topological polar surface area (TPSA) is 58.6 Å². The van der Waals surface area contributed by atoms with Gasteiger partial charge in [-0.25, -0.2) is 0 Å². The molecular formula is C23H30N2O3. The fraction of sp³-hybridized carbons (Fsp3) is 0.391. The Bertz CT molecular complexity index is 803. The number of nitrogens with one attached hydrogen (secondary N) is 1. The summed E-state index contributed by atoms with van der Waals surface area (Å²) in [6, 6.07) is 14.9. The predicted octanol–water partition coefficient (Wildman–Crippen LogP) is 3.62. The Labute approximate surface area is 167 Å². The summed E-state index contributed by atoms with van der Waals surface area (Å²) in [6.45, 7) is 9.74. The predicted molar refractivity (Wildman–Crippen MR) is 111 cm³/mol. The van der Waals surface area contributed by atoms with E-state index in [0.29, 0.717) is 12.3 Å². The van der Waals surface area contributed by atoms with Crippen LogP contribution in [0.1, 0.15) is 37.5 Å². The number of nitrogens with zero attached hydrogens (tertiary/aromatic N) is 1. The Morgan fingerprint density at radius 2 is 1.71 bits per heavy atom. The van der Waals surface area contributed by atoms with Gasteiger partial charge in [0.15, 0.2) is 6.61 Å². The first-order valence-corrected chi connectivity index (χ1v) is 9.61. The van der Waals surface area contributed by atoms with Gasteiger partial charge < -0.3 is 15.0 Å². The summed E-state index contributed by atoms with van der Waals surface area (Å²) in [4.78, 5) is 27.0. The summed E-state index contributed by atoms with van der Waals surface area (Å²) in [7, 11) is 0. The van der Waals surface area contributed by atoms with E-state index in [4.69, 9.17) is 4.74 Å². The van der Waals surface area contributed by atoms with E-state index >= 15 is 0 Å². The number of aryl methyl sites for hydroxylation is 2. The number of hydrogen-bond acceptors (Lipinski definition) is 3. The van der Waals surface area contributed by atoms with E-state index in [1.165, 1.54) is 0 Å². The van der Waals surface area contributed by atoms with Gasteiger partial charge in [-0.3, -0.25) is 9.59 Å². The highest BCUT2D eigenvalue weighted by atomic mass is 16.5. The molecule has 0 heterocycles. The summed E-state index contributed by atoms with van der Waals surface area (Å²) < 4.78 is 5.76. The maximum atomic E-state index is 13.0. The molecular weight excluding hydrogens is 352 g/mol. The van der Waals surface area contributed by atoms with Crippen molar-refractivity contribution in [2.24, 2.45) is 0 Å². The van der Waals surface area contributed by atoms with Gasteiger partial charge >= 0.3 is 0 Å². The smallest absolute Gasteiger partial charge is 0.261 e. The van der Waals surface area contributed by atoms with Crippen molar-refractivity contribution in [1.82, 2.24) is 10.2 Å². The molecule has 2 aromatic carbocycles. The average Bonchev–Trinajstić information content (AvgIpc) is 2.65. The van der Waals surface area contributed by atoms with E-state index in [1.807, 2.05) is 76.2 Å². The van der Waals surface area contributed by atoms with Crippen LogP contribution < -0.4 is 10.1 Å². The van der Waals surface area contributed by atoms with Crippen molar-refractivity contribution in [3.05, 3.63) is 65.2 Å². The monoisotopic (exact) mass is 382 g/mol. The van der Waals surface area contributed by atoms with Gasteiger partial charge in [0.1, 0.15) is 11.8 Å². The molecule has 150 valence electrons. The molecule has 0 saturated carbocycles. The summed E-state index contributed by atoms with van der Waals surface area (Å²) >= 11 is 0. The van der Waals surface area contributed by atoms with Crippen molar-refractivity contribution in [3.63, 3.8) is 0 Å². The number of amides is 2. The number of carbonyl (C=O) groups is 2. The summed E-state index contributed by atoms with van der Waals surface area (Å²) in [5.74, 6) is 0.277. The second kappa shape index (κ2) is 9.93. The molecule has 0 aromatic heterocycles. The van der Waals surface area contributed by atoms with Gasteiger partial charge in [-0.05, 0) is 51.8 Å². The Balaban J connectivity index is 2.14. The van der Waals surface area contributed by atoms with Gasteiger partial charge in [0.2, 0.25) is 5.91 Å². The molecule has 0 radical (unpaired) electrons. The zero-order chi connectivity index (χ0) is 20.7. The highest BCUT2D eigenvalue weighted by Gasteiger charge is 2.26. The molecule has 2 amide bonds. The SMILES string of the molecule is Cc1ccc(OCC(=O)N(Cc2ccccc2)C(C)C(=O)NC(C)C)c(C)c1. The van der Waals surface area contributed by atoms with Gasteiger partial charge in [0.25, 0.3) is 5.91 Å². The van der Waals surface area contributed by atoms with Crippen molar-refractivity contribution in [1.29, 1.82) is 0 Å². The summed E-state index contributed by atoms with van der Waals surface area (Å²) in [6.07, 6.45) is 0. The Kier molecular flexibility index (Phi) is 7.61. The number of hydrogen-bond donors (Lipinski definition) is 1. The third-order valence-corrected chi connectivity index (χ3v) is 4.48. The number of carbonyl (C=O) groups excluding carboxylic acids is 2. The number of benzene rings is 2. The molecule has 28 heavy (non-hydrogen) atoms.